The van der Waals surface area contributed by atoms with Crippen LogP contribution >= 0.6 is 0 Å². The summed E-state index contributed by atoms with van der Waals surface area (Å²) in [5.41, 5.74) is -0.359. The lowest BCUT2D eigenvalue weighted by molar-refractivity contribution is -0.138. The maximum Gasteiger partial charge on any atom is 0.416 e. The van der Waals surface area contributed by atoms with Crippen LogP contribution in [0, 0.1) is 0 Å². The number of furan rings is 1. The van der Waals surface area contributed by atoms with Gasteiger partial charge in [-0.05, 0) is 23.8 Å². The van der Waals surface area contributed by atoms with Crippen molar-refractivity contribution in [3.63, 3.8) is 0 Å². The van der Waals surface area contributed by atoms with E-state index < -0.39 is 17.8 Å². The van der Waals surface area contributed by atoms with E-state index >= 15 is 0 Å². The molecule has 1 aliphatic heterocycles. The lowest BCUT2D eigenvalue weighted by Crippen LogP contribution is -2.45. The van der Waals surface area contributed by atoms with Crippen LogP contribution in [0.3, 0.4) is 0 Å². The first-order valence-corrected chi connectivity index (χ1v) is 7.21. The molecule has 2 aromatic rings. The maximum absolute atomic E-state index is 13.4. The van der Waals surface area contributed by atoms with E-state index in [4.69, 9.17) is 4.42 Å². The van der Waals surface area contributed by atoms with Crippen molar-refractivity contribution < 1.29 is 17.6 Å². The number of hydrogen-bond acceptors (Lipinski definition) is 3. The summed E-state index contributed by atoms with van der Waals surface area (Å²) >= 11 is 0. The monoisotopic (exact) mass is 310 g/mol. The molecule has 118 valence electrons. The molecule has 0 saturated carbocycles. The number of nitrogens with zero attached hydrogens (tertiary/aromatic N) is 1. The lowest BCUT2D eigenvalue weighted by Gasteiger charge is -2.35. The summed E-state index contributed by atoms with van der Waals surface area (Å²) in [7, 11) is 0. The quantitative estimate of drug-likeness (QED) is 0.943. The van der Waals surface area contributed by atoms with Gasteiger partial charge in [0.1, 0.15) is 5.76 Å². The van der Waals surface area contributed by atoms with Crippen molar-refractivity contribution in [2.24, 2.45) is 0 Å². The third kappa shape index (κ3) is 3.03. The molecule has 0 amide bonds. The van der Waals surface area contributed by atoms with Gasteiger partial charge in [0.05, 0.1) is 17.9 Å². The molecule has 0 aliphatic carbocycles. The minimum atomic E-state index is -4.38. The van der Waals surface area contributed by atoms with E-state index in [9.17, 15) is 13.2 Å². The summed E-state index contributed by atoms with van der Waals surface area (Å²) in [6, 6.07) is 8.66. The Bertz CT molecular complexity index is 604. The molecule has 0 bridgehead atoms. The minimum absolute atomic E-state index is 0.242. The number of nitrogens with one attached hydrogen (secondary N) is 1. The summed E-state index contributed by atoms with van der Waals surface area (Å²) in [5.74, 6) is 0.540. The highest BCUT2D eigenvalue weighted by atomic mass is 19.4. The number of benzene rings is 1. The molecule has 1 N–H and O–H groups in total. The van der Waals surface area contributed by atoms with Crippen LogP contribution in [-0.4, -0.2) is 31.1 Å². The van der Waals surface area contributed by atoms with Crippen molar-refractivity contribution in [1.29, 1.82) is 0 Å². The summed E-state index contributed by atoms with van der Waals surface area (Å²) in [6.07, 6.45) is -2.88. The van der Waals surface area contributed by atoms with Crippen molar-refractivity contribution in [3.8, 4) is 0 Å². The third-order valence-corrected chi connectivity index (χ3v) is 3.89. The van der Waals surface area contributed by atoms with Crippen molar-refractivity contribution in [2.75, 3.05) is 26.2 Å². The van der Waals surface area contributed by atoms with Gasteiger partial charge in [-0.2, -0.15) is 13.2 Å². The molecule has 0 unspecified atom stereocenters. The van der Waals surface area contributed by atoms with Crippen LogP contribution in [0.5, 0.6) is 0 Å². The Labute approximate surface area is 126 Å². The molecule has 1 fully saturated rings. The van der Waals surface area contributed by atoms with Gasteiger partial charge in [-0.15, -0.1) is 0 Å². The molecule has 22 heavy (non-hydrogen) atoms. The van der Waals surface area contributed by atoms with E-state index in [1.165, 1.54) is 18.4 Å². The SMILES string of the molecule is FC(F)(F)c1ccccc1[C@@H](c1ccco1)N1CCNCC1. The number of halogens is 3. The molecular weight excluding hydrogens is 293 g/mol. The fraction of sp³-hybridized carbons (Fsp3) is 0.375. The molecular formula is C16H17F3N2O. The van der Waals surface area contributed by atoms with Gasteiger partial charge in [0.15, 0.2) is 0 Å². The number of piperazine rings is 1. The average molecular weight is 310 g/mol. The first-order chi connectivity index (χ1) is 10.6. The average Bonchev–Trinajstić information content (AvgIpc) is 3.02. The topological polar surface area (TPSA) is 28.4 Å². The second-order valence-corrected chi connectivity index (χ2v) is 5.29. The van der Waals surface area contributed by atoms with Crippen LogP contribution in [0.15, 0.2) is 47.1 Å². The van der Waals surface area contributed by atoms with Crippen LogP contribution in [-0.2, 0) is 6.18 Å². The number of rotatable bonds is 3. The van der Waals surface area contributed by atoms with Gasteiger partial charge < -0.3 is 9.73 Å². The highest BCUT2D eigenvalue weighted by Gasteiger charge is 2.37. The molecule has 2 heterocycles. The van der Waals surface area contributed by atoms with Crippen LogP contribution in [0.4, 0.5) is 13.2 Å². The van der Waals surface area contributed by atoms with Gasteiger partial charge in [0, 0.05) is 26.2 Å². The standard InChI is InChI=1S/C16H17F3N2O/c17-16(18,19)13-5-2-1-4-12(13)15(14-6-3-11-22-14)21-9-7-20-8-10-21/h1-6,11,15,20H,7-10H2/t15-/m0/s1. The van der Waals surface area contributed by atoms with E-state index in [2.05, 4.69) is 5.32 Å². The Hall–Kier alpha value is -1.79. The van der Waals surface area contributed by atoms with Crippen molar-refractivity contribution in [3.05, 3.63) is 59.5 Å². The fourth-order valence-corrected chi connectivity index (χ4v) is 2.91. The second-order valence-electron chi connectivity index (χ2n) is 5.29. The second kappa shape index (κ2) is 6.14. The van der Waals surface area contributed by atoms with Crippen molar-refractivity contribution in [1.82, 2.24) is 10.2 Å². The predicted octanol–water partition coefficient (Wildman–Crippen LogP) is 3.29. The molecule has 1 aromatic heterocycles. The maximum atomic E-state index is 13.4. The number of alkyl halides is 3. The molecule has 6 heteroatoms. The van der Waals surface area contributed by atoms with Crippen molar-refractivity contribution >= 4 is 0 Å². The Balaban J connectivity index is 2.07. The van der Waals surface area contributed by atoms with Gasteiger partial charge in [0.2, 0.25) is 0 Å². The predicted molar refractivity (Wildman–Crippen MR) is 76.4 cm³/mol. The largest absolute Gasteiger partial charge is 0.467 e. The van der Waals surface area contributed by atoms with E-state index in [1.54, 1.807) is 18.2 Å². The van der Waals surface area contributed by atoms with E-state index in [-0.39, 0.29) is 5.56 Å². The first-order valence-electron chi connectivity index (χ1n) is 7.21. The van der Waals surface area contributed by atoms with E-state index in [0.717, 1.165) is 19.2 Å². The summed E-state index contributed by atoms with van der Waals surface area (Å²) in [5, 5.41) is 3.22. The summed E-state index contributed by atoms with van der Waals surface area (Å²) in [6.45, 7) is 2.87. The van der Waals surface area contributed by atoms with Gasteiger partial charge in [-0.25, -0.2) is 0 Å². The van der Waals surface area contributed by atoms with Gasteiger partial charge >= 0.3 is 6.18 Å². The van der Waals surface area contributed by atoms with Crippen molar-refractivity contribution in [2.45, 2.75) is 12.2 Å². The molecule has 1 aliphatic rings. The smallest absolute Gasteiger partial charge is 0.416 e. The Morgan fingerprint density at radius 2 is 1.77 bits per heavy atom. The van der Waals surface area contributed by atoms with E-state index in [0.29, 0.717) is 18.8 Å². The summed E-state index contributed by atoms with van der Waals surface area (Å²) < 4.78 is 45.5. The first kappa shape index (κ1) is 15.1. The molecule has 3 nitrogen and oxygen atoms in total. The Kier molecular flexibility index (Phi) is 4.22. The molecule has 1 atom stereocenters. The third-order valence-electron chi connectivity index (χ3n) is 3.89. The highest BCUT2D eigenvalue weighted by molar-refractivity contribution is 5.36. The van der Waals surface area contributed by atoms with Crippen LogP contribution in [0.1, 0.15) is 22.9 Å². The Morgan fingerprint density at radius 1 is 1.05 bits per heavy atom. The molecule has 1 saturated heterocycles. The molecule has 0 spiro atoms. The zero-order chi connectivity index (χ0) is 15.6. The normalized spacial score (nSPS) is 18.3. The number of hydrogen-bond donors (Lipinski definition) is 1. The zero-order valence-electron chi connectivity index (χ0n) is 11.9. The van der Waals surface area contributed by atoms with Gasteiger partial charge in [-0.1, -0.05) is 18.2 Å². The van der Waals surface area contributed by atoms with Crippen LogP contribution in [0.2, 0.25) is 0 Å². The molecule has 0 radical (unpaired) electrons. The van der Waals surface area contributed by atoms with E-state index in [1.807, 2.05) is 4.90 Å². The molecule has 1 aromatic carbocycles. The van der Waals surface area contributed by atoms with Crippen LogP contribution < -0.4 is 5.32 Å². The van der Waals surface area contributed by atoms with Gasteiger partial charge in [-0.3, -0.25) is 4.90 Å². The molecule has 3 rings (SSSR count). The van der Waals surface area contributed by atoms with Gasteiger partial charge in [0.25, 0.3) is 0 Å². The Morgan fingerprint density at radius 3 is 2.41 bits per heavy atom. The summed E-state index contributed by atoms with van der Waals surface area (Å²) in [4.78, 5) is 2.03. The highest BCUT2D eigenvalue weighted by Crippen LogP contribution is 2.39. The lowest BCUT2D eigenvalue weighted by atomic mass is 9.96. The minimum Gasteiger partial charge on any atom is -0.467 e. The fourth-order valence-electron chi connectivity index (χ4n) is 2.91. The van der Waals surface area contributed by atoms with Crippen LogP contribution in [0.25, 0.3) is 0 Å². The zero-order valence-corrected chi connectivity index (χ0v) is 11.9.